The molecular formula is C68H90N4O5. The van der Waals surface area contributed by atoms with Crippen molar-refractivity contribution in [2.45, 2.75) is 207 Å². The van der Waals surface area contributed by atoms with Gasteiger partial charge in [-0.25, -0.2) is 29.5 Å². The Balaban J connectivity index is 1.26. The largest absolute Gasteiger partial charge is 0.462 e. The van der Waals surface area contributed by atoms with Crippen LogP contribution in [0.15, 0.2) is 122 Å². The average Bonchev–Trinajstić information content (AvgIpc) is 3.47. The van der Waals surface area contributed by atoms with E-state index in [1.807, 2.05) is 73.3 Å². The summed E-state index contributed by atoms with van der Waals surface area (Å²) in [4.78, 5) is 45.7. The molecule has 2 unspecified atom stereocenters. The molecule has 9 nitrogen and oxygen atoms in total. The van der Waals surface area contributed by atoms with Crippen molar-refractivity contribution in [1.29, 1.82) is 0 Å². The lowest BCUT2D eigenvalue weighted by Crippen LogP contribution is -2.14. The standard InChI is InChI=1S/C68H90N4O5/c1-5-9-13-17-21-25-29-53-49-69-65(70-50-53)59-39-31-55(32-40-59)63(57-35-43-61(44-36-57)67(73)75-47-27-23-19-15-11-7-3)77-64(58-37-45-62(46-38-58)68(74)76-48-28-24-20-16-12-8-4)56-33-41-60(42-34-56)66-71-51-54(52-72-66)30-26-22-18-14-10-6-2/h31-46,49-52,63-64H,5-30,47-48H2,1-4H3. The molecule has 0 radical (unpaired) electrons. The molecule has 2 atom stereocenters. The maximum Gasteiger partial charge on any atom is 0.338 e. The van der Waals surface area contributed by atoms with Crippen molar-refractivity contribution in [3.05, 3.63) is 166 Å². The lowest BCUT2D eigenvalue weighted by Gasteiger charge is -2.27. The van der Waals surface area contributed by atoms with Crippen molar-refractivity contribution < 1.29 is 23.8 Å². The second kappa shape index (κ2) is 35.4. The van der Waals surface area contributed by atoms with Gasteiger partial charge in [-0.05, 0) is 96.2 Å². The summed E-state index contributed by atoms with van der Waals surface area (Å²) in [6.07, 6.45) is 37.1. The molecule has 0 aliphatic rings. The predicted octanol–water partition coefficient (Wildman–Crippen LogP) is 18.3. The van der Waals surface area contributed by atoms with Crippen molar-refractivity contribution in [2.75, 3.05) is 13.2 Å². The van der Waals surface area contributed by atoms with Crippen LogP contribution in [-0.2, 0) is 27.1 Å². The molecule has 2 heterocycles. The fraction of sp³-hybridized carbons (Fsp3) is 0.500. The topological polar surface area (TPSA) is 113 Å². The smallest absolute Gasteiger partial charge is 0.338 e. The Kier molecular flexibility index (Phi) is 27.6. The number of unbranched alkanes of at least 4 members (excludes halogenated alkanes) is 20. The summed E-state index contributed by atoms with van der Waals surface area (Å²) in [5, 5.41) is 0. The molecule has 0 amide bonds. The van der Waals surface area contributed by atoms with Crippen molar-refractivity contribution in [3.63, 3.8) is 0 Å². The summed E-state index contributed by atoms with van der Waals surface area (Å²) in [5.74, 6) is 0.684. The van der Waals surface area contributed by atoms with Crippen molar-refractivity contribution >= 4 is 11.9 Å². The van der Waals surface area contributed by atoms with E-state index in [9.17, 15) is 9.59 Å². The minimum absolute atomic E-state index is 0.329. The van der Waals surface area contributed by atoms with Gasteiger partial charge in [0.1, 0.15) is 12.2 Å². The molecule has 2 aromatic heterocycles. The summed E-state index contributed by atoms with van der Waals surface area (Å²) >= 11 is 0. The first-order valence-electron chi connectivity index (χ1n) is 29.9. The van der Waals surface area contributed by atoms with Crippen LogP contribution in [-0.4, -0.2) is 45.1 Å². The Morgan fingerprint density at radius 2 is 0.623 bits per heavy atom. The third kappa shape index (κ3) is 21.0. The molecule has 6 rings (SSSR count). The zero-order valence-electron chi connectivity index (χ0n) is 47.3. The van der Waals surface area contributed by atoms with Gasteiger partial charge in [0.2, 0.25) is 0 Å². The van der Waals surface area contributed by atoms with E-state index in [4.69, 9.17) is 34.1 Å². The number of nitrogens with zero attached hydrogens (tertiary/aromatic N) is 4. The highest BCUT2D eigenvalue weighted by atomic mass is 16.5. The number of carbonyl (C=O) groups is 2. The number of hydrogen-bond donors (Lipinski definition) is 0. The molecule has 9 heteroatoms. The Bertz CT molecular complexity index is 2350. The lowest BCUT2D eigenvalue weighted by atomic mass is 9.95. The number of ether oxygens (including phenoxy) is 3. The summed E-state index contributed by atoms with van der Waals surface area (Å²) < 4.78 is 18.8. The van der Waals surface area contributed by atoms with Crippen molar-refractivity contribution in [2.24, 2.45) is 0 Å². The minimum atomic E-state index is -0.577. The van der Waals surface area contributed by atoms with E-state index >= 15 is 0 Å². The Hall–Kier alpha value is -6.06. The highest BCUT2D eigenvalue weighted by Crippen LogP contribution is 2.38. The highest BCUT2D eigenvalue weighted by Gasteiger charge is 2.25. The van der Waals surface area contributed by atoms with Crippen LogP contribution in [0, 0.1) is 0 Å². The third-order valence-corrected chi connectivity index (χ3v) is 14.6. The van der Waals surface area contributed by atoms with Crippen molar-refractivity contribution in [3.8, 4) is 22.8 Å². The van der Waals surface area contributed by atoms with Crippen molar-refractivity contribution in [1.82, 2.24) is 19.9 Å². The Morgan fingerprint density at radius 1 is 0.351 bits per heavy atom. The van der Waals surface area contributed by atoms with Crippen LogP contribution < -0.4 is 0 Å². The van der Waals surface area contributed by atoms with E-state index in [1.165, 1.54) is 103 Å². The van der Waals surface area contributed by atoms with Gasteiger partial charge in [0.05, 0.1) is 24.3 Å². The minimum Gasteiger partial charge on any atom is -0.462 e. The molecule has 0 saturated carbocycles. The van der Waals surface area contributed by atoms with Gasteiger partial charge in [0.25, 0.3) is 0 Å². The van der Waals surface area contributed by atoms with Crippen LogP contribution in [0.4, 0.5) is 0 Å². The van der Waals surface area contributed by atoms with Crippen LogP contribution in [0.5, 0.6) is 0 Å². The maximum absolute atomic E-state index is 13.3. The molecule has 0 bridgehead atoms. The van der Waals surface area contributed by atoms with Crippen LogP contribution >= 0.6 is 0 Å². The zero-order valence-corrected chi connectivity index (χ0v) is 47.3. The molecule has 0 N–H and O–H groups in total. The van der Waals surface area contributed by atoms with Crippen LogP contribution in [0.1, 0.15) is 248 Å². The summed E-state index contributed by atoms with van der Waals surface area (Å²) in [7, 11) is 0. The van der Waals surface area contributed by atoms with E-state index in [0.29, 0.717) is 36.0 Å². The molecule has 77 heavy (non-hydrogen) atoms. The number of esters is 2. The summed E-state index contributed by atoms with van der Waals surface area (Å²) in [6.45, 7) is 9.74. The van der Waals surface area contributed by atoms with Gasteiger partial charge < -0.3 is 14.2 Å². The number of carbonyl (C=O) groups excluding carboxylic acids is 2. The fourth-order valence-electron chi connectivity index (χ4n) is 9.78. The Morgan fingerprint density at radius 3 is 0.935 bits per heavy atom. The molecule has 412 valence electrons. The number of aromatic nitrogens is 4. The first-order valence-corrected chi connectivity index (χ1v) is 29.9. The normalized spacial score (nSPS) is 12.1. The number of aryl methyl sites for hydroxylation is 2. The second-order valence-corrected chi connectivity index (χ2v) is 21.1. The zero-order chi connectivity index (χ0) is 54.1. The van der Waals surface area contributed by atoms with Gasteiger partial charge in [-0.3, -0.25) is 0 Å². The van der Waals surface area contributed by atoms with E-state index in [1.54, 1.807) is 0 Å². The maximum atomic E-state index is 13.3. The molecule has 0 spiro atoms. The quantitative estimate of drug-likeness (QED) is 0.0276. The van der Waals surface area contributed by atoms with Gasteiger partial charge in [0, 0.05) is 35.9 Å². The number of benzene rings is 4. The SMILES string of the molecule is CCCCCCCCOC(=O)c1ccc(C(OC(c2ccc(C(=O)OCCCCCCCC)cc2)c2ccc(-c3ncc(CCCCCCCC)cn3)cc2)c2ccc(-c3ncc(CCCCCCCC)cn3)cc2)cc1. The monoisotopic (exact) mass is 1040 g/mol. The summed E-state index contributed by atoms with van der Waals surface area (Å²) in [6, 6.07) is 31.7. The van der Waals surface area contributed by atoms with Gasteiger partial charge >= 0.3 is 11.9 Å². The van der Waals surface area contributed by atoms with E-state index in [-0.39, 0.29) is 11.9 Å². The number of hydrogen-bond acceptors (Lipinski definition) is 9. The molecule has 0 saturated heterocycles. The summed E-state index contributed by atoms with van der Waals surface area (Å²) in [5.41, 5.74) is 8.69. The molecule has 0 aliphatic carbocycles. The first-order chi connectivity index (χ1) is 37.9. The van der Waals surface area contributed by atoms with E-state index < -0.39 is 12.2 Å². The number of rotatable bonds is 38. The first kappa shape index (κ1) is 60.2. The second-order valence-electron chi connectivity index (χ2n) is 21.1. The van der Waals surface area contributed by atoms with Crippen LogP contribution in [0.25, 0.3) is 22.8 Å². The molecule has 4 aromatic carbocycles. The van der Waals surface area contributed by atoms with Crippen LogP contribution in [0.2, 0.25) is 0 Å². The highest BCUT2D eigenvalue weighted by molar-refractivity contribution is 5.90. The van der Waals surface area contributed by atoms with Gasteiger partial charge in [-0.1, -0.05) is 229 Å². The van der Waals surface area contributed by atoms with Gasteiger partial charge in [-0.15, -0.1) is 0 Å². The van der Waals surface area contributed by atoms with Gasteiger partial charge in [-0.2, -0.15) is 0 Å². The average molecular weight is 1040 g/mol. The van der Waals surface area contributed by atoms with E-state index in [0.717, 1.165) is 109 Å². The third-order valence-electron chi connectivity index (χ3n) is 14.6. The molecular weight excluding hydrogens is 953 g/mol. The van der Waals surface area contributed by atoms with Gasteiger partial charge in [0.15, 0.2) is 11.6 Å². The molecule has 6 aromatic rings. The Labute approximate surface area is 462 Å². The molecule has 0 aliphatic heterocycles. The lowest BCUT2D eigenvalue weighted by molar-refractivity contribution is 0.0307. The van der Waals surface area contributed by atoms with E-state index in [2.05, 4.69) is 76.2 Å². The fourth-order valence-corrected chi connectivity index (χ4v) is 9.78. The van der Waals surface area contributed by atoms with Crippen LogP contribution in [0.3, 0.4) is 0 Å². The predicted molar refractivity (Wildman–Crippen MR) is 314 cm³/mol. The molecule has 0 fully saturated rings.